The number of hydrogen-bond acceptors (Lipinski definition) is 7. The largest absolute Gasteiger partial charge is 0.489 e. The fourth-order valence-electron chi connectivity index (χ4n) is 4.91. The molecule has 9 heteroatoms. The number of nitrogens with two attached hydrogens (primary N) is 1. The van der Waals surface area contributed by atoms with Crippen LogP contribution in [0, 0.1) is 0 Å². The Morgan fingerprint density at radius 3 is 2.63 bits per heavy atom. The molecule has 35 heavy (non-hydrogen) atoms. The number of nitrogens with one attached hydrogen (secondary N) is 1. The SMILES string of the molecule is CSN.O=C1CCC(N2Cc3cc(OC4CCCN(Cc5ccccc5)C4)ccc3C2=O)C(=O)N1. The Kier molecular flexibility index (Phi) is 8.43. The lowest BCUT2D eigenvalue weighted by Gasteiger charge is -2.33. The lowest BCUT2D eigenvalue weighted by atomic mass is 10.0. The van der Waals surface area contributed by atoms with Gasteiger partial charge < -0.3 is 9.64 Å². The summed E-state index contributed by atoms with van der Waals surface area (Å²) in [5.41, 5.74) is 2.78. The first-order valence-corrected chi connectivity index (χ1v) is 13.2. The third-order valence-corrected chi connectivity index (χ3v) is 6.51. The molecule has 8 nitrogen and oxygen atoms in total. The summed E-state index contributed by atoms with van der Waals surface area (Å²) >= 11 is 1.25. The standard InChI is InChI=1S/C25H27N3O4.CH5NS/c29-23-11-10-22(24(30)26-23)28-15-18-13-19(8-9-21(18)25(28)31)32-20-7-4-12-27(16-20)14-17-5-2-1-3-6-17;1-3-2/h1-3,5-6,8-9,13,20,22H,4,7,10-12,14-16H2,(H,26,29,30);2H2,1H3. The highest BCUT2D eigenvalue weighted by molar-refractivity contribution is 7.96. The van der Waals surface area contributed by atoms with Crippen molar-refractivity contribution in [3.63, 3.8) is 0 Å². The van der Waals surface area contributed by atoms with E-state index in [9.17, 15) is 14.4 Å². The first-order valence-electron chi connectivity index (χ1n) is 11.9. The van der Waals surface area contributed by atoms with Crippen LogP contribution in [0.25, 0.3) is 0 Å². The van der Waals surface area contributed by atoms with Gasteiger partial charge in [-0.05, 0) is 61.4 Å². The first kappa shape index (κ1) is 25.2. The maximum Gasteiger partial charge on any atom is 0.255 e. The quantitative estimate of drug-likeness (QED) is 0.484. The van der Waals surface area contributed by atoms with Gasteiger partial charge in [-0.2, -0.15) is 0 Å². The summed E-state index contributed by atoms with van der Waals surface area (Å²) in [6.07, 6.45) is 4.64. The van der Waals surface area contributed by atoms with Crippen molar-refractivity contribution < 1.29 is 19.1 Å². The van der Waals surface area contributed by atoms with Gasteiger partial charge in [-0.1, -0.05) is 42.3 Å². The smallest absolute Gasteiger partial charge is 0.255 e. The van der Waals surface area contributed by atoms with Crippen molar-refractivity contribution in [2.24, 2.45) is 5.14 Å². The molecule has 2 fully saturated rings. The second-order valence-corrected chi connectivity index (χ2v) is 9.53. The summed E-state index contributed by atoms with van der Waals surface area (Å²) in [5, 5.41) is 7.10. The van der Waals surface area contributed by atoms with Gasteiger partial charge in [0.05, 0.1) is 0 Å². The van der Waals surface area contributed by atoms with Crippen molar-refractivity contribution in [3.8, 4) is 5.75 Å². The van der Waals surface area contributed by atoms with Crippen LogP contribution in [-0.2, 0) is 22.7 Å². The van der Waals surface area contributed by atoms with Gasteiger partial charge in [0.15, 0.2) is 0 Å². The molecular formula is C26H32N4O4S. The van der Waals surface area contributed by atoms with Crippen LogP contribution in [0.4, 0.5) is 0 Å². The molecule has 2 aromatic carbocycles. The number of amides is 3. The fraction of sp³-hybridized carbons (Fsp3) is 0.423. The molecule has 0 aromatic heterocycles. The Bertz CT molecular complexity index is 1060. The number of imide groups is 1. The molecule has 3 heterocycles. The maximum atomic E-state index is 12.9. The summed E-state index contributed by atoms with van der Waals surface area (Å²) in [7, 11) is 0. The van der Waals surface area contributed by atoms with Crippen molar-refractivity contribution in [2.45, 2.75) is 50.9 Å². The van der Waals surface area contributed by atoms with Crippen molar-refractivity contribution in [1.82, 2.24) is 15.1 Å². The van der Waals surface area contributed by atoms with E-state index in [0.29, 0.717) is 18.5 Å². The maximum absolute atomic E-state index is 12.9. The Labute approximate surface area is 210 Å². The molecule has 5 rings (SSSR count). The molecule has 3 aliphatic heterocycles. The van der Waals surface area contributed by atoms with Crippen LogP contribution in [0.15, 0.2) is 48.5 Å². The summed E-state index contributed by atoms with van der Waals surface area (Å²) in [6.45, 7) is 3.21. The van der Waals surface area contributed by atoms with Crippen LogP contribution in [0.2, 0.25) is 0 Å². The lowest BCUT2D eigenvalue weighted by molar-refractivity contribution is -0.136. The molecule has 2 aromatic rings. The third kappa shape index (κ3) is 6.22. The molecule has 0 spiro atoms. The second kappa shape index (κ2) is 11.7. The number of fused-ring (bicyclic) bond motifs is 1. The van der Waals surface area contributed by atoms with Crippen LogP contribution < -0.4 is 15.2 Å². The summed E-state index contributed by atoms with van der Waals surface area (Å²) in [6, 6.07) is 15.4. The molecule has 186 valence electrons. The number of rotatable bonds is 5. The Hall–Kier alpha value is -2.88. The fourth-order valence-corrected chi connectivity index (χ4v) is 4.91. The van der Waals surface area contributed by atoms with E-state index in [0.717, 1.165) is 43.8 Å². The van der Waals surface area contributed by atoms with E-state index < -0.39 is 6.04 Å². The van der Waals surface area contributed by atoms with Crippen molar-refractivity contribution in [2.75, 3.05) is 19.3 Å². The molecule has 0 aliphatic carbocycles. The van der Waals surface area contributed by atoms with Gasteiger partial charge >= 0.3 is 0 Å². The molecule has 3 N–H and O–H groups in total. The Balaban J connectivity index is 0.000000917. The number of likely N-dealkylation sites (tertiary alicyclic amines) is 1. The van der Waals surface area contributed by atoms with E-state index in [1.807, 2.05) is 24.5 Å². The Morgan fingerprint density at radius 2 is 1.89 bits per heavy atom. The van der Waals surface area contributed by atoms with Gasteiger partial charge in [0.1, 0.15) is 17.9 Å². The number of hydrogen-bond donors (Lipinski definition) is 2. The number of benzene rings is 2. The number of carbonyl (C=O) groups excluding carboxylic acids is 3. The van der Waals surface area contributed by atoms with E-state index in [4.69, 9.17) is 9.88 Å². The van der Waals surface area contributed by atoms with Crippen LogP contribution in [0.3, 0.4) is 0 Å². The van der Waals surface area contributed by atoms with Gasteiger partial charge in [-0.25, -0.2) is 0 Å². The summed E-state index contributed by atoms with van der Waals surface area (Å²) < 4.78 is 6.30. The van der Waals surface area contributed by atoms with Crippen LogP contribution in [0.5, 0.6) is 5.75 Å². The monoisotopic (exact) mass is 496 g/mol. The molecule has 2 atom stereocenters. The van der Waals surface area contributed by atoms with Gasteiger partial charge in [0.25, 0.3) is 5.91 Å². The van der Waals surface area contributed by atoms with E-state index in [1.165, 1.54) is 17.5 Å². The van der Waals surface area contributed by atoms with Gasteiger partial charge in [0, 0.05) is 31.6 Å². The minimum absolute atomic E-state index is 0.105. The minimum atomic E-state index is -0.596. The van der Waals surface area contributed by atoms with E-state index in [-0.39, 0.29) is 30.2 Å². The zero-order valence-corrected chi connectivity index (χ0v) is 20.8. The van der Waals surface area contributed by atoms with Crippen LogP contribution >= 0.6 is 11.9 Å². The summed E-state index contributed by atoms with van der Waals surface area (Å²) in [5.74, 6) is -0.0690. The van der Waals surface area contributed by atoms with Gasteiger partial charge in [0.2, 0.25) is 11.8 Å². The molecule has 2 unspecified atom stereocenters. The zero-order valence-electron chi connectivity index (χ0n) is 19.9. The normalized spacial score (nSPS) is 22.2. The van der Waals surface area contributed by atoms with E-state index in [2.05, 4.69) is 34.5 Å². The highest BCUT2D eigenvalue weighted by Crippen LogP contribution is 2.31. The highest BCUT2D eigenvalue weighted by atomic mass is 32.2. The highest BCUT2D eigenvalue weighted by Gasteiger charge is 2.39. The molecule has 0 bridgehead atoms. The number of nitrogens with zero attached hydrogens (tertiary/aromatic N) is 2. The average Bonchev–Trinajstić information content (AvgIpc) is 3.16. The Morgan fingerprint density at radius 1 is 1.11 bits per heavy atom. The van der Waals surface area contributed by atoms with E-state index >= 15 is 0 Å². The third-order valence-electron chi connectivity index (χ3n) is 6.51. The first-order chi connectivity index (χ1) is 17.0. The number of piperidine rings is 2. The zero-order chi connectivity index (χ0) is 24.8. The number of ether oxygens (including phenoxy) is 1. The van der Waals surface area contributed by atoms with Crippen molar-refractivity contribution in [1.29, 1.82) is 0 Å². The molecular weight excluding hydrogens is 464 g/mol. The van der Waals surface area contributed by atoms with Crippen molar-refractivity contribution >= 4 is 29.7 Å². The van der Waals surface area contributed by atoms with Gasteiger partial charge in [-0.3, -0.25) is 29.7 Å². The van der Waals surface area contributed by atoms with Gasteiger partial charge in [-0.15, -0.1) is 0 Å². The average molecular weight is 497 g/mol. The van der Waals surface area contributed by atoms with Crippen LogP contribution in [0.1, 0.15) is 47.2 Å². The molecule has 2 saturated heterocycles. The predicted octanol–water partition coefficient (Wildman–Crippen LogP) is 2.71. The summed E-state index contributed by atoms with van der Waals surface area (Å²) in [4.78, 5) is 40.5. The predicted molar refractivity (Wildman–Crippen MR) is 136 cm³/mol. The lowest BCUT2D eigenvalue weighted by Crippen LogP contribution is -2.52. The van der Waals surface area contributed by atoms with E-state index in [1.54, 1.807) is 11.0 Å². The number of carbonyl (C=O) groups is 3. The molecule has 0 saturated carbocycles. The molecule has 0 radical (unpaired) electrons. The van der Waals surface area contributed by atoms with Crippen LogP contribution in [-0.4, -0.2) is 59.0 Å². The topological polar surface area (TPSA) is 105 Å². The second-order valence-electron chi connectivity index (χ2n) is 9.06. The molecule has 3 aliphatic rings. The van der Waals surface area contributed by atoms with Crippen molar-refractivity contribution in [3.05, 3.63) is 65.2 Å². The molecule has 3 amide bonds. The minimum Gasteiger partial charge on any atom is -0.489 e.